The lowest BCUT2D eigenvalue weighted by molar-refractivity contribution is -0.116. The predicted octanol–water partition coefficient (Wildman–Crippen LogP) is 3.87. The van der Waals surface area contributed by atoms with Gasteiger partial charge in [0.15, 0.2) is 0 Å². The first-order valence-electron chi connectivity index (χ1n) is 11.1. The fourth-order valence-electron chi connectivity index (χ4n) is 3.09. The molecule has 0 saturated heterocycles. The Hall–Kier alpha value is -2.87. The number of unbranched alkanes of at least 4 members (excludes halogenated alkanes) is 1. The second-order valence-corrected chi connectivity index (χ2v) is 8.96. The van der Waals surface area contributed by atoms with Crippen LogP contribution in [0.5, 0.6) is 0 Å². The van der Waals surface area contributed by atoms with E-state index in [1.807, 2.05) is 37.3 Å². The van der Waals surface area contributed by atoms with Gasteiger partial charge in [-0.05, 0) is 31.0 Å². The van der Waals surface area contributed by atoms with E-state index in [1.54, 1.807) is 11.8 Å². The van der Waals surface area contributed by atoms with Gasteiger partial charge in [0.1, 0.15) is 12.4 Å². The van der Waals surface area contributed by atoms with Gasteiger partial charge in [0.25, 0.3) is 0 Å². The summed E-state index contributed by atoms with van der Waals surface area (Å²) in [6, 6.07) is 9.56. The van der Waals surface area contributed by atoms with E-state index < -0.39 is 0 Å². The monoisotopic (exact) mass is 443 g/mol. The van der Waals surface area contributed by atoms with Crippen molar-refractivity contribution >= 4 is 17.8 Å². The third kappa shape index (κ3) is 7.37. The first kappa shape index (κ1) is 25.4. The summed E-state index contributed by atoms with van der Waals surface area (Å²) < 4.78 is 6.85. The first-order valence-corrected chi connectivity index (χ1v) is 11.1. The molecular formula is C24H37N5O3. The molecule has 0 radical (unpaired) electrons. The molecular weight excluding hydrogens is 406 g/mol. The van der Waals surface area contributed by atoms with Crippen LogP contribution in [-0.2, 0) is 14.9 Å². The van der Waals surface area contributed by atoms with Crippen molar-refractivity contribution in [2.24, 2.45) is 0 Å². The van der Waals surface area contributed by atoms with Crippen LogP contribution >= 0.6 is 0 Å². The molecule has 1 heterocycles. The minimum Gasteiger partial charge on any atom is -0.383 e. The van der Waals surface area contributed by atoms with Crippen LogP contribution in [0.3, 0.4) is 0 Å². The number of rotatable bonds is 10. The zero-order valence-corrected chi connectivity index (χ0v) is 20.2. The SMILES string of the molecule is CCCCNC(=O)N(CCOC)CC(=O)Nc1cc(C(C)(C)C)nn1-c1cccc(C)c1. The van der Waals surface area contributed by atoms with Crippen molar-refractivity contribution in [1.29, 1.82) is 0 Å². The van der Waals surface area contributed by atoms with Crippen LogP contribution in [-0.4, -0.2) is 60.0 Å². The smallest absolute Gasteiger partial charge is 0.317 e. The Morgan fingerprint density at radius 2 is 1.97 bits per heavy atom. The van der Waals surface area contributed by atoms with E-state index in [4.69, 9.17) is 9.84 Å². The Morgan fingerprint density at radius 3 is 2.59 bits per heavy atom. The molecule has 8 nitrogen and oxygen atoms in total. The van der Waals surface area contributed by atoms with E-state index in [1.165, 1.54) is 4.90 Å². The second-order valence-electron chi connectivity index (χ2n) is 8.96. The number of ether oxygens (including phenoxy) is 1. The largest absolute Gasteiger partial charge is 0.383 e. The van der Waals surface area contributed by atoms with E-state index in [2.05, 4.69) is 38.3 Å². The number of urea groups is 1. The molecule has 0 fully saturated rings. The quantitative estimate of drug-likeness (QED) is 0.546. The fraction of sp³-hybridized carbons (Fsp3) is 0.542. The minimum atomic E-state index is -0.291. The molecule has 0 saturated carbocycles. The van der Waals surface area contributed by atoms with Gasteiger partial charge in [0, 0.05) is 31.7 Å². The van der Waals surface area contributed by atoms with Crippen molar-refractivity contribution in [2.75, 3.05) is 38.7 Å². The minimum absolute atomic E-state index is 0.0782. The van der Waals surface area contributed by atoms with Crippen LogP contribution < -0.4 is 10.6 Å². The first-order chi connectivity index (χ1) is 15.2. The van der Waals surface area contributed by atoms with Crippen molar-refractivity contribution in [3.8, 4) is 5.69 Å². The van der Waals surface area contributed by atoms with Gasteiger partial charge in [0.05, 0.1) is 18.0 Å². The van der Waals surface area contributed by atoms with Crippen LogP contribution in [0.15, 0.2) is 30.3 Å². The van der Waals surface area contributed by atoms with Crippen molar-refractivity contribution in [1.82, 2.24) is 20.0 Å². The molecule has 2 rings (SSSR count). The molecule has 3 amide bonds. The lowest BCUT2D eigenvalue weighted by Gasteiger charge is -2.22. The molecule has 0 aliphatic carbocycles. The van der Waals surface area contributed by atoms with Gasteiger partial charge in [-0.15, -0.1) is 0 Å². The molecule has 176 valence electrons. The number of methoxy groups -OCH3 is 1. The molecule has 0 aliphatic heterocycles. The molecule has 2 aromatic rings. The summed E-state index contributed by atoms with van der Waals surface area (Å²) in [4.78, 5) is 26.9. The zero-order valence-electron chi connectivity index (χ0n) is 20.2. The normalized spacial score (nSPS) is 11.3. The number of anilines is 1. The molecule has 32 heavy (non-hydrogen) atoms. The Morgan fingerprint density at radius 1 is 1.22 bits per heavy atom. The summed E-state index contributed by atoms with van der Waals surface area (Å²) in [5.74, 6) is 0.282. The van der Waals surface area contributed by atoms with Crippen LogP contribution in [0, 0.1) is 6.92 Å². The Labute approximate surface area is 191 Å². The Bertz CT molecular complexity index is 901. The van der Waals surface area contributed by atoms with Crippen molar-refractivity contribution in [3.05, 3.63) is 41.6 Å². The fourth-order valence-corrected chi connectivity index (χ4v) is 3.09. The maximum absolute atomic E-state index is 12.9. The maximum atomic E-state index is 12.9. The predicted molar refractivity (Wildman–Crippen MR) is 127 cm³/mol. The van der Waals surface area contributed by atoms with E-state index in [-0.39, 0.29) is 23.9 Å². The number of carbonyl (C=O) groups excluding carboxylic acids is 2. The van der Waals surface area contributed by atoms with Gasteiger partial charge in [0.2, 0.25) is 5.91 Å². The van der Waals surface area contributed by atoms with E-state index in [9.17, 15) is 9.59 Å². The summed E-state index contributed by atoms with van der Waals surface area (Å²) in [5.41, 5.74) is 2.65. The van der Waals surface area contributed by atoms with Gasteiger partial charge in [-0.1, -0.05) is 46.2 Å². The highest BCUT2D eigenvalue weighted by Gasteiger charge is 2.23. The summed E-state index contributed by atoms with van der Waals surface area (Å²) >= 11 is 0. The van der Waals surface area contributed by atoms with Gasteiger partial charge < -0.3 is 20.3 Å². The maximum Gasteiger partial charge on any atom is 0.317 e. The molecule has 0 unspecified atom stereocenters. The Kier molecular flexibility index (Phi) is 9.26. The number of aryl methyl sites for hydroxylation is 1. The van der Waals surface area contributed by atoms with Crippen LogP contribution in [0.2, 0.25) is 0 Å². The number of nitrogens with one attached hydrogen (secondary N) is 2. The van der Waals surface area contributed by atoms with Gasteiger partial charge in [-0.2, -0.15) is 5.10 Å². The van der Waals surface area contributed by atoms with Gasteiger partial charge >= 0.3 is 6.03 Å². The zero-order chi connectivity index (χ0) is 23.7. The van der Waals surface area contributed by atoms with Crippen molar-refractivity contribution in [3.63, 3.8) is 0 Å². The van der Waals surface area contributed by atoms with Gasteiger partial charge in [-0.25, -0.2) is 9.48 Å². The molecule has 1 aromatic heterocycles. The van der Waals surface area contributed by atoms with Gasteiger partial charge in [-0.3, -0.25) is 4.79 Å². The van der Waals surface area contributed by atoms with Crippen molar-refractivity contribution in [2.45, 2.75) is 52.9 Å². The lowest BCUT2D eigenvalue weighted by Crippen LogP contribution is -2.45. The number of hydrogen-bond acceptors (Lipinski definition) is 4. The number of hydrogen-bond donors (Lipinski definition) is 2. The molecule has 0 bridgehead atoms. The third-order valence-corrected chi connectivity index (χ3v) is 4.99. The molecule has 0 atom stereocenters. The van der Waals surface area contributed by atoms with Crippen molar-refractivity contribution < 1.29 is 14.3 Å². The lowest BCUT2D eigenvalue weighted by atomic mass is 9.92. The highest BCUT2D eigenvalue weighted by atomic mass is 16.5. The summed E-state index contributed by atoms with van der Waals surface area (Å²) in [6.07, 6.45) is 1.87. The highest BCUT2D eigenvalue weighted by molar-refractivity contribution is 5.94. The summed E-state index contributed by atoms with van der Waals surface area (Å²) in [6.45, 7) is 11.5. The molecule has 1 aromatic carbocycles. The van der Waals surface area contributed by atoms with Crippen LogP contribution in [0.25, 0.3) is 5.69 Å². The summed E-state index contributed by atoms with van der Waals surface area (Å²) in [5, 5.41) is 10.6. The topological polar surface area (TPSA) is 88.5 Å². The molecule has 2 N–H and O–H groups in total. The molecule has 8 heteroatoms. The standard InChI is InChI=1S/C24H37N5O3/c1-7-8-12-25-23(31)28(13-14-32-6)17-22(30)26-21-16-20(24(3,4)5)27-29(21)19-11-9-10-18(2)15-19/h9-11,15-16H,7-8,12-14,17H2,1-6H3,(H,25,31)(H,26,30). The highest BCUT2D eigenvalue weighted by Crippen LogP contribution is 2.26. The number of nitrogens with zero attached hydrogens (tertiary/aromatic N) is 3. The number of aromatic nitrogens is 2. The number of amides is 3. The van der Waals surface area contributed by atoms with Crippen LogP contribution in [0.4, 0.5) is 10.6 Å². The third-order valence-electron chi connectivity index (χ3n) is 4.99. The molecule has 0 spiro atoms. The van der Waals surface area contributed by atoms with E-state index >= 15 is 0 Å². The average Bonchev–Trinajstić information content (AvgIpc) is 3.15. The average molecular weight is 444 g/mol. The van der Waals surface area contributed by atoms with E-state index in [0.29, 0.717) is 25.5 Å². The number of carbonyl (C=O) groups is 2. The van der Waals surface area contributed by atoms with E-state index in [0.717, 1.165) is 29.8 Å². The molecule has 0 aliphatic rings. The second kappa shape index (κ2) is 11.7. The number of benzene rings is 1. The van der Waals surface area contributed by atoms with Crippen LogP contribution in [0.1, 0.15) is 51.8 Å². The summed E-state index contributed by atoms with van der Waals surface area (Å²) in [7, 11) is 1.57. The Balaban J connectivity index is 2.22.